The lowest BCUT2D eigenvalue weighted by Gasteiger charge is -2.17. The first-order valence-electron chi connectivity index (χ1n) is 8.81. The third kappa shape index (κ3) is 5.94. The topological polar surface area (TPSA) is 53.0 Å². The third-order valence-corrected chi connectivity index (χ3v) is 4.07. The number of ketones is 1. The molecule has 2 aromatic carbocycles. The molecule has 0 aliphatic carbocycles. The molecule has 5 nitrogen and oxygen atoms in total. The minimum absolute atomic E-state index is 0.0918. The first-order valence-corrected chi connectivity index (χ1v) is 8.81. The lowest BCUT2D eigenvalue weighted by atomic mass is 10.00. The van der Waals surface area contributed by atoms with Crippen LogP contribution in [0.5, 0.6) is 11.5 Å². The molecule has 0 aliphatic heterocycles. The van der Waals surface area contributed by atoms with Gasteiger partial charge < -0.3 is 19.6 Å². The summed E-state index contributed by atoms with van der Waals surface area (Å²) >= 11 is 0. The Kier molecular flexibility index (Phi) is 7.16. The number of methoxy groups -OCH3 is 1. The Morgan fingerprint density at radius 1 is 1.00 bits per heavy atom. The Morgan fingerprint density at radius 2 is 1.52 bits per heavy atom. The zero-order valence-corrected chi connectivity index (χ0v) is 16.7. The summed E-state index contributed by atoms with van der Waals surface area (Å²) < 4.78 is 5.14. The summed E-state index contributed by atoms with van der Waals surface area (Å²) in [5.41, 5.74) is 3.00. The number of rotatable bonds is 8. The SMILES string of the molecule is COc1ccc(/C=C\C(=O)c2cc(CN(C)C)c(O)c(CN(C)C)c2)cc1. The van der Waals surface area contributed by atoms with E-state index in [1.807, 2.05) is 62.3 Å². The van der Waals surface area contributed by atoms with Gasteiger partial charge in [-0.05, 0) is 64.1 Å². The highest BCUT2D eigenvalue weighted by molar-refractivity contribution is 6.07. The van der Waals surface area contributed by atoms with Crippen molar-refractivity contribution in [3.63, 3.8) is 0 Å². The highest BCUT2D eigenvalue weighted by Gasteiger charge is 2.14. The summed E-state index contributed by atoms with van der Waals surface area (Å²) in [6.45, 7) is 1.13. The molecule has 0 unspecified atom stereocenters. The number of benzene rings is 2. The van der Waals surface area contributed by atoms with Crippen LogP contribution in [0.1, 0.15) is 27.0 Å². The van der Waals surface area contributed by atoms with Crippen molar-refractivity contribution in [3.8, 4) is 11.5 Å². The second kappa shape index (κ2) is 9.35. The van der Waals surface area contributed by atoms with E-state index < -0.39 is 0 Å². The van der Waals surface area contributed by atoms with Gasteiger partial charge in [-0.3, -0.25) is 4.79 Å². The summed E-state index contributed by atoms with van der Waals surface area (Å²) in [6.07, 6.45) is 3.35. The molecule has 0 spiro atoms. The monoisotopic (exact) mass is 368 g/mol. The number of hydrogen-bond donors (Lipinski definition) is 1. The number of phenolic OH excluding ortho intramolecular Hbond substituents is 1. The summed E-state index contributed by atoms with van der Waals surface area (Å²) in [5.74, 6) is 0.942. The average molecular weight is 368 g/mol. The van der Waals surface area contributed by atoms with Crippen LogP contribution >= 0.6 is 0 Å². The molecule has 1 N–H and O–H groups in total. The number of allylic oxidation sites excluding steroid dienone is 1. The molecule has 2 aromatic rings. The molecule has 144 valence electrons. The highest BCUT2D eigenvalue weighted by Crippen LogP contribution is 2.27. The van der Waals surface area contributed by atoms with Gasteiger partial charge in [0.25, 0.3) is 0 Å². The predicted molar refractivity (Wildman–Crippen MR) is 109 cm³/mol. The van der Waals surface area contributed by atoms with Gasteiger partial charge in [0.2, 0.25) is 0 Å². The quantitative estimate of drug-likeness (QED) is 0.572. The number of aromatic hydroxyl groups is 1. The van der Waals surface area contributed by atoms with Crippen molar-refractivity contribution in [1.82, 2.24) is 9.80 Å². The van der Waals surface area contributed by atoms with Gasteiger partial charge >= 0.3 is 0 Å². The van der Waals surface area contributed by atoms with E-state index in [-0.39, 0.29) is 11.5 Å². The van der Waals surface area contributed by atoms with Gasteiger partial charge in [-0.2, -0.15) is 0 Å². The van der Waals surface area contributed by atoms with Crippen LogP contribution in [0.15, 0.2) is 42.5 Å². The Balaban J connectivity index is 2.30. The third-order valence-electron chi connectivity index (χ3n) is 4.07. The largest absolute Gasteiger partial charge is 0.507 e. The minimum atomic E-state index is -0.0918. The molecule has 0 atom stereocenters. The zero-order chi connectivity index (χ0) is 20.0. The minimum Gasteiger partial charge on any atom is -0.507 e. The van der Waals surface area contributed by atoms with Crippen molar-refractivity contribution in [2.24, 2.45) is 0 Å². The Hall–Kier alpha value is -2.63. The van der Waals surface area contributed by atoms with Gasteiger partial charge in [0.05, 0.1) is 7.11 Å². The molecular formula is C22H28N2O3. The molecule has 0 amide bonds. The molecule has 27 heavy (non-hydrogen) atoms. The number of hydrogen-bond acceptors (Lipinski definition) is 5. The fraction of sp³-hybridized carbons (Fsp3) is 0.318. The van der Waals surface area contributed by atoms with E-state index in [0.717, 1.165) is 22.4 Å². The summed E-state index contributed by atoms with van der Waals surface area (Å²) in [5, 5.41) is 10.6. The van der Waals surface area contributed by atoms with E-state index in [1.165, 1.54) is 0 Å². The van der Waals surface area contributed by atoms with Crippen LogP contribution in [-0.2, 0) is 13.1 Å². The van der Waals surface area contributed by atoms with Crippen molar-refractivity contribution in [2.45, 2.75) is 13.1 Å². The zero-order valence-electron chi connectivity index (χ0n) is 16.7. The Bertz CT molecular complexity index is 778. The van der Waals surface area contributed by atoms with Gasteiger partial charge in [-0.1, -0.05) is 18.2 Å². The first kappa shape index (κ1) is 20.7. The average Bonchev–Trinajstić information content (AvgIpc) is 2.62. The molecule has 0 heterocycles. The van der Waals surface area contributed by atoms with Gasteiger partial charge in [0.1, 0.15) is 11.5 Å². The number of carbonyl (C=O) groups excluding carboxylic acids is 1. The molecule has 0 saturated heterocycles. The predicted octanol–water partition coefficient (Wildman–Crippen LogP) is 3.42. The van der Waals surface area contributed by atoms with Gasteiger partial charge in [0, 0.05) is 29.8 Å². The van der Waals surface area contributed by atoms with E-state index in [1.54, 1.807) is 31.4 Å². The normalized spacial score (nSPS) is 11.5. The molecule has 5 heteroatoms. The molecule has 2 rings (SSSR count). The fourth-order valence-corrected chi connectivity index (χ4v) is 2.81. The Labute approximate surface area is 161 Å². The van der Waals surface area contributed by atoms with E-state index in [0.29, 0.717) is 18.7 Å². The maximum atomic E-state index is 12.7. The van der Waals surface area contributed by atoms with Gasteiger partial charge in [-0.15, -0.1) is 0 Å². The van der Waals surface area contributed by atoms with Crippen LogP contribution in [-0.4, -0.2) is 56.0 Å². The second-order valence-electron chi connectivity index (χ2n) is 7.09. The summed E-state index contributed by atoms with van der Waals surface area (Å²) in [7, 11) is 9.36. The van der Waals surface area contributed by atoms with Crippen molar-refractivity contribution in [1.29, 1.82) is 0 Å². The van der Waals surface area contributed by atoms with Crippen LogP contribution < -0.4 is 4.74 Å². The van der Waals surface area contributed by atoms with Crippen LogP contribution in [0.4, 0.5) is 0 Å². The maximum absolute atomic E-state index is 12.7. The van der Waals surface area contributed by atoms with E-state index in [9.17, 15) is 9.90 Å². The van der Waals surface area contributed by atoms with Crippen molar-refractivity contribution in [3.05, 3.63) is 64.7 Å². The lowest BCUT2D eigenvalue weighted by Crippen LogP contribution is -2.15. The molecule has 0 saturated carbocycles. The fourth-order valence-electron chi connectivity index (χ4n) is 2.81. The smallest absolute Gasteiger partial charge is 0.185 e. The van der Waals surface area contributed by atoms with Crippen LogP contribution in [0.3, 0.4) is 0 Å². The van der Waals surface area contributed by atoms with Crippen LogP contribution in [0.25, 0.3) is 6.08 Å². The highest BCUT2D eigenvalue weighted by atomic mass is 16.5. The number of ether oxygens (including phenoxy) is 1. The van der Waals surface area contributed by atoms with E-state index in [2.05, 4.69) is 0 Å². The molecule has 0 bridgehead atoms. The molecule has 0 fully saturated rings. The van der Waals surface area contributed by atoms with Crippen molar-refractivity contribution < 1.29 is 14.6 Å². The number of carbonyl (C=O) groups is 1. The maximum Gasteiger partial charge on any atom is 0.185 e. The number of phenols is 1. The molecule has 0 aromatic heterocycles. The Morgan fingerprint density at radius 3 is 1.96 bits per heavy atom. The standard InChI is InChI=1S/C22H28N2O3/c1-23(2)14-18-12-17(13-19(22(18)26)15-24(3)4)21(25)11-8-16-6-9-20(27-5)10-7-16/h6-13,26H,14-15H2,1-5H3/b11-8-. The van der Waals surface area contributed by atoms with E-state index in [4.69, 9.17) is 4.74 Å². The van der Waals surface area contributed by atoms with Crippen molar-refractivity contribution in [2.75, 3.05) is 35.3 Å². The molecule has 0 radical (unpaired) electrons. The summed E-state index contributed by atoms with van der Waals surface area (Å²) in [6, 6.07) is 11.1. The second-order valence-corrected chi connectivity index (χ2v) is 7.09. The van der Waals surface area contributed by atoms with Crippen molar-refractivity contribution >= 4 is 11.9 Å². The first-order chi connectivity index (χ1) is 12.8. The van der Waals surface area contributed by atoms with E-state index >= 15 is 0 Å². The number of nitrogens with zero attached hydrogens (tertiary/aromatic N) is 2. The summed E-state index contributed by atoms with van der Waals surface area (Å²) in [4.78, 5) is 16.6. The lowest BCUT2D eigenvalue weighted by molar-refractivity contribution is 0.104. The van der Waals surface area contributed by atoms with Gasteiger partial charge in [0.15, 0.2) is 5.78 Å². The van der Waals surface area contributed by atoms with Crippen LogP contribution in [0, 0.1) is 0 Å². The molecular weight excluding hydrogens is 340 g/mol. The van der Waals surface area contributed by atoms with Crippen LogP contribution in [0.2, 0.25) is 0 Å². The van der Waals surface area contributed by atoms with Gasteiger partial charge in [-0.25, -0.2) is 0 Å². The molecule has 0 aliphatic rings.